The van der Waals surface area contributed by atoms with E-state index < -0.39 is 31.5 Å². The first-order valence-corrected chi connectivity index (χ1v) is 7.77. The van der Waals surface area contributed by atoms with Gasteiger partial charge in [-0.1, -0.05) is 0 Å². The van der Waals surface area contributed by atoms with Gasteiger partial charge in [0, 0.05) is 11.6 Å². The molecule has 21 heavy (non-hydrogen) atoms. The number of hydrogen-bond donors (Lipinski definition) is 1. The predicted octanol–water partition coefficient (Wildman–Crippen LogP) is 1.26. The third kappa shape index (κ3) is 3.19. The standard InChI is InChI=1S/C12H14N2O6S/c1-7-10(12(15)20-8-3-2-4-8)5-9(21(13,18)19)6-11(7)14(16)17/h5-6,8H,2-4H2,1H3,(H2,13,18,19). The lowest BCUT2D eigenvalue weighted by Crippen LogP contribution is -2.26. The minimum atomic E-state index is -4.16. The molecule has 1 saturated carbocycles. The van der Waals surface area contributed by atoms with Crippen molar-refractivity contribution in [3.63, 3.8) is 0 Å². The van der Waals surface area contributed by atoms with Crippen molar-refractivity contribution in [2.45, 2.75) is 37.2 Å². The molecule has 1 aromatic carbocycles. The van der Waals surface area contributed by atoms with Gasteiger partial charge in [0.2, 0.25) is 10.0 Å². The van der Waals surface area contributed by atoms with Gasteiger partial charge in [-0.3, -0.25) is 10.1 Å². The van der Waals surface area contributed by atoms with Crippen LogP contribution in [0.5, 0.6) is 0 Å². The Bertz CT molecular complexity index is 709. The van der Waals surface area contributed by atoms with E-state index in [1.54, 1.807) is 0 Å². The van der Waals surface area contributed by atoms with E-state index in [4.69, 9.17) is 9.88 Å². The molecule has 1 fully saturated rings. The highest BCUT2D eigenvalue weighted by molar-refractivity contribution is 7.89. The fourth-order valence-corrected chi connectivity index (χ4v) is 2.50. The summed E-state index contributed by atoms with van der Waals surface area (Å²) in [6.45, 7) is 1.36. The minimum Gasteiger partial charge on any atom is -0.459 e. The van der Waals surface area contributed by atoms with Crippen LogP contribution in [0.2, 0.25) is 0 Å². The summed E-state index contributed by atoms with van der Waals surface area (Å²) in [6, 6.07) is 1.85. The number of esters is 1. The fraction of sp³-hybridized carbons (Fsp3) is 0.417. The van der Waals surface area contributed by atoms with Crippen molar-refractivity contribution in [2.24, 2.45) is 5.14 Å². The van der Waals surface area contributed by atoms with Crippen molar-refractivity contribution < 1.29 is 22.9 Å². The number of nitro benzene ring substituents is 1. The van der Waals surface area contributed by atoms with Crippen molar-refractivity contribution in [1.29, 1.82) is 0 Å². The molecule has 1 aromatic rings. The zero-order chi connectivity index (χ0) is 15.8. The van der Waals surface area contributed by atoms with E-state index in [9.17, 15) is 23.3 Å². The van der Waals surface area contributed by atoms with Gasteiger partial charge in [-0.05, 0) is 32.3 Å². The summed E-state index contributed by atoms with van der Waals surface area (Å²) in [5.74, 6) is -0.772. The molecular formula is C12H14N2O6S. The number of hydrogen-bond acceptors (Lipinski definition) is 6. The summed E-state index contributed by atoms with van der Waals surface area (Å²) < 4.78 is 27.9. The highest BCUT2D eigenvalue weighted by atomic mass is 32.2. The summed E-state index contributed by atoms with van der Waals surface area (Å²) in [7, 11) is -4.16. The molecule has 0 saturated heterocycles. The summed E-state index contributed by atoms with van der Waals surface area (Å²) in [5.41, 5.74) is -0.584. The van der Waals surface area contributed by atoms with Crippen LogP contribution in [-0.2, 0) is 14.8 Å². The van der Waals surface area contributed by atoms with Crippen LogP contribution < -0.4 is 5.14 Å². The first-order valence-electron chi connectivity index (χ1n) is 6.23. The van der Waals surface area contributed by atoms with Gasteiger partial charge in [-0.15, -0.1) is 0 Å². The average molecular weight is 314 g/mol. The Balaban J connectivity index is 2.49. The van der Waals surface area contributed by atoms with Crippen LogP contribution in [0.25, 0.3) is 0 Å². The van der Waals surface area contributed by atoms with Crippen molar-refractivity contribution in [3.8, 4) is 0 Å². The number of rotatable bonds is 4. The lowest BCUT2D eigenvalue weighted by molar-refractivity contribution is -0.385. The van der Waals surface area contributed by atoms with Crippen LogP contribution in [0.3, 0.4) is 0 Å². The first-order chi connectivity index (χ1) is 9.70. The van der Waals surface area contributed by atoms with Crippen LogP contribution in [0.4, 0.5) is 5.69 Å². The highest BCUT2D eigenvalue weighted by Crippen LogP contribution is 2.29. The third-order valence-corrected chi connectivity index (χ3v) is 4.32. The third-order valence-electron chi connectivity index (χ3n) is 3.42. The second kappa shape index (κ2) is 5.41. The maximum absolute atomic E-state index is 12.0. The summed E-state index contributed by atoms with van der Waals surface area (Å²) in [6.07, 6.45) is 2.21. The number of ether oxygens (including phenoxy) is 1. The number of nitrogens with zero attached hydrogens (tertiary/aromatic N) is 1. The van der Waals surface area contributed by atoms with E-state index in [1.807, 2.05) is 0 Å². The summed E-state index contributed by atoms with van der Waals surface area (Å²) in [5, 5.41) is 16.0. The van der Waals surface area contributed by atoms with Crippen molar-refractivity contribution >= 4 is 21.7 Å². The van der Waals surface area contributed by atoms with E-state index in [1.165, 1.54) is 6.92 Å². The monoisotopic (exact) mass is 314 g/mol. The molecule has 1 aliphatic rings. The van der Waals surface area contributed by atoms with Gasteiger partial charge in [-0.25, -0.2) is 18.4 Å². The van der Waals surface area contributed by atoms with Gasteiger partial charge in [0.1, 0.15) is 6.10 Å². The first kappa shape index (κ1) is 15.4. The maximum atomic E-state index is 12.0. The van der Waals surface area contributed by atoms with Gasteiger partial charge in [0.05, 0.1) is 15.4 Å². The van der Waals surface area contributed by atoms with Gasteiger partial charge < -0.3 is 4.74 Å². The molecule has 114 valence electrons. The fourth-order valence-electron chi connectivity index (χ4n) is 1.94. The summed E-state index contributed by atoms with van der Waals surface area (Å²) >= 11 is 0. The van der Waals surface area contributed by atoms with Crippen LogP contribution >= 0.6 is 0 Å². The molecule has 0 heterocycles. The molecule has 1 aliphatic carbocycles. The highest BCUT2D eigenvalue weighted by Gasteiger charge is 2.28. The molecule has 2 rings (SSSR count). The smallest absolute Gasteiger partial charge is 0.338 e. The number of carbonyl (C=O) groups excluding carboxylic acids is 1. The molecule has 0 bridgehead atoms. The summed E-state index contributed by atoms with van der Waals surface area (Å²) in [4.78, 5) is 21.8. The van der Waals surface area contributed by atoms with Crippen molar-refractivity contribution in [2.75, 3.05) is 0 Å². The van der Waals surface area contributed by atoms with Crippen LogP contribution in [0, 0.1) is 17.0 Å². The SMILES string of the molecule is Cc1c(C(=O)OC2CCC2)cc(S(N)(=O)=O)cc1[N+](=O)[O-]. The topological polar surface area (TPSA) is 130 Å². The molecule has 0 spiro atoms. The zero-order valence-corrected chi connectivity index (χ0v) is 12.1. The van der Waals surface area contributed by atoms with E-state index in [0.29, 0.717) is 0 Å². The average Bonchev–Trinajstić information content (AvgIpc) is 2.31. The number of carbonyl (C=O) groups is 1. The normalized spacial score (nSPS) is 15.3. The van der Waals surface area contributed by atoms with Gasteiger partial charge in [0.15, 0.2) is 0 Å². The molecule has 0 atom stereocenters. The quantitative estimate of drug-likeness (QED) is 0.506. The van der Waals surface area contributed by atoms with Crippen LogP contribution in [0.15, 0.2) is 17.0 Å². The number of benzene rings is 1. The number of sulfonamides is 1. The maximum Gasteiger partial charge on any atom is 0.338 e. The van der Waals surface area contributed by atoms with Crippen molar-refractivity contribution in [3.05, 3.63) is 33.4 Å². The predicted molar refractivity (Wildman–Crippen MR) is 72.3 cm³/mol. The molecule has 8 nitrogen and oxygen atoms in total. The molecule has 0 aromatic heterocycles. The van der Waals surface area contributed by atoms with Gasteiger partial charge in [0.25, 0.3) is 5.69 Å². The largest absolute Gasteiger partial charge is 0.459 e. The molecule has 0 unspecified atom stereocenters. The molecule has 0 amide bonds. The zero-order valence-electron chi connectivity index (χ0n) is 11.2. The van der Waals surface area contributed by atoms with Crippen LogP contribution in [-0.4, -0.2) is 25.4 Å². The Labute approximate surface area is 121 Å². The number of primary sulfonamides is 1. The van der Waals surface area contributed by atoms with E-state index >= 15 is 0 Å². The van der Waals surface area contributed by atoms with Crippen LogP contribution in [0.1, 0.15) is 35.2 Å². The van der Waals surface area contributed by atoms with Crippen molar-refractivity contribution in [1.82, 2.24) is 0 Å². The van der Waals surface area contributed by atoms with E-state index in [2.05, 4.69) is 0 Å². The van der Waals surface area contributed by atoms with Gasteiger partial charge in [-0.2, -0.15) is 0 Å². The number of nitrogens with two attached hydrogens (primary N) is 1. The lowest BCUT2D eigenvalue weighted by Gasteiger charge is -2.25. The molecule has 2 N–H and O–H groups in total. The second-order valence-corrected chi connectivity index (χ2v) is 6.44. The Hall–Kier alpha value is -2.00. The lowest BCUT2D eigenvalue weighted by atomic mass is 9.96. The minimum absolute atomic E-state index is 0.0525. The Kier molecular flexibility index (Phi) is 3.97. The molecule has 0 radical (unpaired) electrons. The Morgan fingerprint density at radius 2 is 2.05 bits per heavy atom. The molecule has 9 heteroatoms. The molecule has 0 aliphatic heterocycles. The van der Waals surface area contributed by atoms with E-state index in [0.717, 1.165) is 31.4 Å². The van der Waals surface area contributed by atoms with Gasteiger partial charge >= 0.3 is 5.97 Å². The Morgan fingerprint density at radius 3 is 2.48 bits per heavy atom. The second-order valence-electron chi connectivity index (χ2n) is 4.88. The Morgan fingerprint density at radius 1 is 1.43 bits per heavy atom. The number of nitro groups is 1. The van der Waals surface area contributed by atoms with E-state index in [-0.39, 0.29) is 17.2 Å². The molecular weight excluding hydrogens is 300 g/mol.